The maximum atomic E-state index is 3.73. The van der Waals surface area contributed by atoms with Crippen molar-refractivity contribution in [1.29, 1.82) is 0 Å². The van der Waals surface area contributed by atoms with Gasteiger partial charge >= 0.3 is 0 Å². The first-order valence-electron chi connectivity index (χ1n) is 4.93. The van der Waals surface area contributed by atoms with Gasteiger partial charge < -0.3 is 0 Å². The van der Waals surface area contributed by atoms with Crippen LogP contribution in [0.15, 0.2) is 59.8 Å². The minimum absolute atomic E-state index is 1.25. The van der Waals surface area contributed by atoms with Crippen LogP contribution in [0.5, 0.6) is 0 Å². The van der Waals surface area contributed by atoms with Crippen molar-refractivity contribution in [2.45, 2.75) is 27.7 Å². The molecule has 0 radical (unpaired) electrons. The third-order valence-electron chi connectivity index (χ3n) is 2.11. The van der Waals surface area contributed by atoms with E-state index < -0.39 is 0 Å². The van der Waals surface area contributed by atoms with Crippen molar-refractivity contribution < 1.29 is 0 Å². The SMILES string of the molecule is C=C/C=C(C(\C)=C/C)/C(C)=C/C=C\C. The van der Waals surface area contributed by atoms with E-state index in [0.29, 0.717) is 0 Å². The molecule has 0 aliphatic heterocycles. The summed E-state index contributed by atoms with van der Waals surface area (Å²) in [6, 6.07) is 0. The van der Waals surface area contributed by atoms with Gasteiger partial charge in [-0.1, -0.05) is 43.0 Å². The van der Waals surface area contributed by atoms with Gasteiger partial charge in [0.25, 0.3) is 0 Å². The van der Waals surface area contributed by atoms with Crippen LogP contribution < -0.4 is 0 Å². The minimum atomic E-state index is 1.25. The lowest BCUT2D eigenvalue weighted by Crippen LogP contribution is -1.87. The molecule has 0 saturated carbocycles. The fourth-order valence-electron chi connectivity index (χ4n) is 1.18. The summed E-state index contributed by atoms with van der Waals surface area (Å²) in [5.74, 6) is 0. The molecule has 0 N–H and O–H groups in total. The summed E-state index contributed by atoms with van der Waals surface area (Å²) in [5, 5.41) is 0. The second kappa shape index (κ2) is 7.14. The third-order valence-corrected chi connectivity index (χ3v) is 2.11. The first-order valence-corrected chi connectivity index (χ1v) is 4.93. The Labute approximate surface area is 88.0 Å². The van der Waals surface area contributed by atoms with Crippen LogP contribution in [0, 0.1) is 0 Å². The van der Waals surface area contributed by atoms with Crippen molar-refractivity contribution in [3.63, 3.8) is 0 Å². The predicted octanol–water partition coefficient (Wildman–Crippen LogP) is 4.59. The molecule has 0 saturated heterocycles. The summed E-state index contributed by atoms with van der Waals surface area (Å²) in [5.41, 5.74) is 3.79. The van der Waals surface area contributed by atoms with Gasteiger partial charge in [-0.3, -0.25) is 0 Å². The topological polar surface area (TPSA) is 0 Å². The van der Waals surface area contributed by atoms with E-state index in [4.69, 9.17) is 0 Å². The zero-order valence-electron chi connectivity index (χ0n) is 9.67. The maximum absolute atomic E-state index is 3.73. The van der Waals surface area contributed by atoms with E-state index in [1.807, 2.05) is 25.2 Å². The minimum Gasteiger partial charge on any atom is -0.0990 e. The Morgan fingerprint density at radius 1 is 1.00 bits per heavy atom. The molecule has 0 heterocycles. The Bertz CT molecular complexity index is 296. The lowest BCUT2D eigenvalue weighted by Gasteiger charge is -2.06. The normalized spacial score (nSPS) is 15.0. The Balaban J connectivity index is 5.04. The summed E-state index contributed by atoms with van der Waals surface area (Å²) >= 11 is 0. The van der Waals surface area contributed by atoms with Gasteiger partial charge in [-0.15, -0.1) is 0 Å². The van der Waals surface area contributed by atoms with Gasteiger partial charge in [0.2, 0.25) is 0 Å². The molecule has 0 aromatic carbocycles. The molecule has 0 nitrogen and oxygen atoms in total. The fourth-order valence-corrected chi connectivity index (χ4v) is 1.18. The van der Waals surface area contributed by atoms with E-state index in [2.05, 4.69) is 45.6 Å². The van der Waals surface area contributed by atoms with Crippen LogP contribution in [-0.4, -0.2) is 0 Å². The lowest BCUT2D eigenvalue weighted by molar-refractivity contribution is 1.30. The van der Waals surface area contributed by atoms with E-state index >= 15 is 0 Å². The molecule has 0 fully saturated rings. The molecular weight excluding hydrogens is 168 g/mol. The molecule has 76 valence electrons. The fraction of sp³-hybridized carbons (Fsp3) is 0.286. The second-order valence-corrected chi connectivity index (χ2v) is 3.16. The number of hydrogen-bond acceptors (Lipinski definition) is 0. The third kappa shape index (κ3) is 4.08. The van der Waals surface area contributed by atoms with Gasteiger partial charge in [0.15, 0.2) is 0 Å². The van der Waals surface area contributed by atoms with Gasteiger partial charge in [0, 0.05) is 0 Å². The predicted molar refractivity (Wildman–Crippen MR) is 66.3 cm³/mol. The van der Waals surface area contributed by atoms with Gasteiger partial charge in [-0.05, 0) is 44.4 Å². The number of rotatable bonds is 4. The first-order chi connectivity index (χ1) is 6.67. The second-order valence-electron chi connectivity index (χ2n) is 3.16. The molecule has 0 aliphatic rings. The van der Waals surface area contributed by atoms with Crippen LogP contribution in [0.4, 0.5) is 0 Å². The Morgan fingerprint density at radius 2 is 1.64 bits per heavy atom. The standard InChI is InChI=1S/C14H20/c1-6-9-11-13(5)14(10-7-2)12(4)8-3/h6-11H,2H2,1,3-5H3/b9-6-,12-8-,13-11+,14-10+. The number of allylic oxidation sites excluding steroid dienone is 9. The monoisotopic (exact) mass is 188 g/mol. The molecule has 0 amide bonds. The quantitative estimate of drug-likeness (QED) is 0.566. The van der Waals surface area contributed by atoms with Crippen molar-refractivity contribution in [2.24, 2.45) is 0 Å². The van der Waals surface area contributed by atoms with Crippen LogP contribution >= 0.6 is 0 Å². The molecule has 0 atom stereocenters. The highest BCUT2D eigenvalue weighted by Gasteiger charge is 1.99. The van der Waals surface area contributed by atoms with Crippen LogP contribution in [0.1, 0.15) is 27.7 Å². The number of hydrogen-bond donors (Lipinski definition) is 0. The van der Waals surface area contributed by atoms with E-state index in [-0.39, 0.29) is 0 Å². The average molecular weight is 188 g/mol. The highest BCUT2D eigenvalue weighted by Crippen LogP contribution is 2.18. The van der Waals surface area contributed by atoms with Gasteiger partial charge in [0.05, 0.1) is 0 Å². The van der Waals surface area contributed by atoms with E-state index in [0.717, 1.165) is 0 Å². The van der Waals surface area contributed by atoms with E-state index in [9.17, 15) is 0 Å². The summed E-state index contributed by atoms with van der Waals surface area (Å²) in [6.07, 6.45) is 12.2. The van der Waals surface area contributed by atoms with Gasteiger partial charge in [-0.25, -0.2) is 0 Å². The molecule has 0 heteroatoms. The van der Waals surface area contributed by atoms with Crippen LogP contribution in [-0.2, 0) is 0 Å². The average Bonchev–Trinajstić information content (AvgIpc) is 2.21. The van der Waals surface area contributed by atoms with Crippen LogP contribution in [0.2, 0.25) is 0 Å². The van der Waals surface area contributed by atoms with Crippen molar-refractivity contribution in [2.75, 3.05) is 0 Å². The van der Waals surface area contributed by atoms with Crippen molar-refractivity contribution in [1.82, 2.24) is 0 Å². The van der Waals surface area contributed by atoms with Crippen molar-refractivity contribution >= 4 is 0 Å². The Kier molecular flexibility index (Phi) is 6.47. The lowest BCUT2D eigenvalue weighted by atomic mass is 9.99. The zero-order valence-corrected chi connectivity index (χ0v) is 9.67. The highest BCUT2D eigenvalue weighted by atomic mass is 14.0. The molecule has 0 spiro atoms. The van der Waals surface area contributed by atoms with E-state index in [1.54, 1.807) is 0 Å². The summed E-state index contributed by atoms with van der Waals surface area (Å²) in [7, 11) is 0. The van der Waals surface area contributed by atoms with Crippen LogP contribution in [0.3, 0.4) is 0 Å². The molecule has 14 heavy (non-hydrogen) atoms. The largest absolute Gasteiger partial charge is 0.0990 e. The smallest absolute Gasteiger partial charge is 0.0202 e. The Hall–Kier alpha value is -1.30. The zero-order chi connectivity index (χ0) is 11.0. The molecule has 0 aromatic rings. The van der Waals surface area contributed by atoms with Crippen molar-refractivity contribution in [3.05, 3.63) is 59.8 Å². The highest BCUT2D eigenvalue weighted by molar-refractivity contribution is 5.47. The summed E-state index contributed by atoms with van der Waals surface area (Å²) < 4.78 is 0. The molecule has 0 bridgehead atoms. The molecule has 0 aromatic heterocycles. The van der Waals surface area contributed by atoms with Gasteiger partial charge in [-0.2, -0.15) is 0 Å². The van der Waals surface area contributed by atoms with Crippen LogP contribution in [0.25, 0.3) is 0 Å². The molecular formula is C14H20. The van der Waals surface area contributed by atoms with Gasteiger partial charge in [0.1, 0.15) is 0 Å². The Morgan fingerprint density at radius 3 is 2.07 bits per heavy atom. The molecule has 0 aliphatic carbocycles. The van der Waals surface area contributed by atoms with Crippen molar-refractivity contribution in [3.8, 4) is 0 Å². The molecule has 0 unspecified atom stereocenters. The molecule has 0 rings (SSSR count). The maximum Gasteiger partial charge on any atom is -0.0202 e. The first kappa shape index (κ1) is 12.7. The summed E-state index contributed by atoms with van der Waals surface area (Å²) in [6.45, 7) is 12.0. The summed E-state index contributed by atoms with van der Waals surface area (Å²) in [4.78, 5) is 0. The van der Waals surface area contributed by atoms with E-state index in [1.165, 1.54) is 16.7 Å².